The minimum Gasteiger partial charge on any atom is -0.314 e. The van der Waals surface area contributed by atoms with Crippen molar-refractivity contribution in [3.8, 4) is 0 Å². The van der Waals surface area contributed by atoms with Gasteiger partial charge in [0.1, 0.15) is 0 Å². The van der Waals surface area contributed by atoms with Crippen molar-refractivity contribution in [1.29, 1.82) is 0 Å². The van der Waals surface area contributed by atoms with Crippen molar-refractivity contribution in [2.45, 2.75) is 45.1 Å². The molecule has 2 rings (SSSR count). The molecule has 0 spiro atoms. The summed E-state index contributed by atoms with van der Waals surface area (Å²) in [5.74, 6) is 0.932. The summed E-state index contributed by atoms with van der Waals surface area (Å²) >= 11 is 12.0. The standard InChI is InChI=1S/C15H21Cl2N/c1-2-11-3-6-14(9-11)18-8-7-12-4-5-13(16)10-15(12)17/h4-5,10-11,14,18H,2-3,6-9H2,1H3. The number of halogens is 2. The van der Waals surface area contributed by atoms with Crippen LogP contribution in [0.4, 0.5) is 0 Å². The van der Waals surface area contributed by atoms with Crippen LogP contribution in [-0.4, -0.2) is 12.6 Å². The second kappa shape index (κ2) is 6.79. The molecule has 18 heavy (non-hydrogen) atoms. The molecule has 1 aromatic carbocycles. The summed E-state index contributed by atoms with van der Waals surface area (Å²) in [6.45, 7) is 3.29. The molecule has 1 aromatic rings. The Morgan fingerprint density at radius 2 is 2.11 bits per heavy atom. The van der Waals surface area contributed by atoms with Gasteiger partial charge in [-0.3, -0.25) is 0 Å². The molecule has 0 amide bonds. The van der Waals surface area contributed by atoms with Crippen molar-refractivity contribution in [2.75, 3.05) is 6.54 Å². The van der Waals surface area contributed by atoms with Crippen LogP contribution in [0.25, 0.3) is 0 Å². The summed E-state index contributed by atoms with van der Waals surface area (Å²) in [6.07, 6.45) is 6.35. The van der Waals surface area contributed by atoms with E-state index in [1.807, 2.05) is 18.2 Å². The summed E-state index contributed by atoms with van der Waals surface area (Å²) in [4.78, 5) is 0. The first kappa shape index (κ1) is 14.2. The van der Waals surface area contributed by atoms with Crippen molar-refractivity contribution in [3.05, 3.63) is 33.8 Å². The highest BCUT2D eigenvalue weighted by Crippen LogP contribution is 2.28. The molecule has 0 aliphatic heterocycles. The maximum absolute atomic E-state index is 6.16. The van der Waals surface area contributed by atoms with E-state index in [0.29, 0.717) is 11.1 Å². The average molecular weight is 286 g/mol. The normalized spacial score (nSPS) is 23.5. The van der Waals surface area contributed by atoms with Crippen LogP contribution in [0.1, 0.15) is 38.2 Å². The number of rotatable bonds is 5. The highest BCUT2D eigenvalue weighted by atomic mass is 35.5. The fourth-order valence-corrected chi connectivity index (χ4v) is 3.27. The molecule has 2 atom stereocenters. The summed E-state index contributed by atoms with van der Waals surface area (Å²) in [5.41, 5.74) is 1.18. The third-order valence-electron chi connectivity index (χ3n) is 3.96. The van der Waals surface area contributed by atoms with Crippen molar-refractivity contribution in [2.24, 2.45) is 5.92 Å². The molecular formula is C15H21Cl2N. The molecule has 1 aliphatic carbocycles. The molecule has 3 heteroatoms. The van der Waals surface area contributed by atoms with E-state index in [1.54, 1.807) is 0 Å². The van der Waals surface area contributed by atoms with Gasteiger partial charge in [-0.2, -0.15) is 0 Å². The monoisotopic (exact) mass is 285 g/mol. The maximum atomic E-state index is 6.16. The molecule has 0 saturated heterocycles. The van der Waals surface area contributed by atoms with E-state index in [2.05, 4.69) is 12.2 Å². The second-order valence-electron chi connectivity index (χ2n) is 5.22. The van der Waals surface area contributed by atoms with E-state index in [9.17, 15) is 0 Å². The zero-order valence-electron chi connectivity index (χ0n) is 10.9. The van der Waals surface area contributed by atoms with Gasteiger partial charge in [-0.15, -0.1) is 0 Å². The van der Waals surface area contributed by atoms with Crippen molar-refractivity contribution < 1.29 is 0 Å². The van der Waals surface area contributed by atoms with Crippen LogP contribution < -0.4 is 5.32 Å². The van der Waals surface area contributed by atoms with Crippen LogP contribution in [0, 0.1) is 5.92 Å². The van der Waals surface area contributed by atoms with Gasteiger partial charge < -0.3 is 5.32 Å². The van der Waals surface area contributed by atoms with Crippen LogP contribution in [0.3, 0.4) is 0 Å². The minimum absolute atomic E-state index is 0.707. The van der Waals surface area contributed by atoms with E-state index in [-0.39, 0.29) is 0 Å². The lowest BCUT2D eigenvalue weighted by Gasteiger charge is -2.13. The molecule has 1 fully saturated rings. The Morgan fingerprint density at radius 3 is 2.78 bits per heavy atom. The predicted molar refractivity (Wildman–Crippen MR) is 79.6 cm³/mol. The molecule has 1 aliphatic rings. The van der Waals surface area contributed by atoms with Gasteiger partial charge in [0.15, 0.2) is 0 Å². The van der Waals surface area contributed by atoms with E-state index in [4.69, 9.17) is 23.2 Å². The van der Waals surface area contributed by atoms with Gasteiger partial charge in [0, 0.05) is 16.1 Å². The minimum atomic E-state index is 0.707. The lowest BCUT2D eigenvalue weighted by atomic mass is 10.1. The van der Waals surface area contributed by atoms with Gasteiger partial charge in [-0.05, 0) is 55.8 Å². The first-order valence-electron chi connectivity index (χ1n) is 6.86. The van der Waals surface area contributed by atoms with Crippen LogP contribution >= 0.6 is 23.2 Å². The smallest absolute Gasteiger partial charge is 0.0453 e. The molecule has 2 unspecified atom stereocenters. The Balaban J connectivity index is 1.75. The van der Waals surface area contributed by atoms with Crippen LogP contribution in [-0.2, 0) is 6.42 Å². The number of nitrogens with one attached hydrogen (secondary N) is 1. The van der Waals surface area contributed by atoms with Crippen LogP contribution in [0.2, 0.25) is 10.0 Å². The number of hydrogen-bond donors (Lipinski definition) is 1. The van der Waals surface area contributed by atoms with Crippen molar-refractivity contribution in [3.63, 3.8) is 0 Å². The van der Waals surface area contributed by atoms with Gasteiger partial charge in [0.05, 0.1) is 0 Å². The fraction of sp³-hybridized carbons (Fsp3) is 0.600. The molecular weight excluding hydrogens is 265 g/mol. The SMILES string of the molecule is CCC1CCC(NCCc2ccc(Cl)cc2Cl)C1. The van der Waals surface area contributed by atoms with E-state index < -0.39 is 0 Å². The Bertz CT molecular complexity index is 392. The van der Waals surface area contributed by atoms with E-state index >= 15 is 0 Å². The first-order valence-corrected chi connectivity index (χ1v) is 7.62. The van der Waals surface area contributed by atoms with E-state index in [0.717, 1.165) is 23.9 Å². The number of hydrogen-bond acceptors (Lipinski definition) is 1. The summed E-state index contributed by atoms with van der Waals surface area (Å²) < 4.78 is 0. The van der Waals surface area contributed by atoms with Crippen molar-refractivity contribution >= 4 is 23.2 Å². The molecule has 100 valence electrons. The third kappa shape index (κ3) is 3.88. The highest BCUT2D eigenvalue weighted by Gasteiger charge is 2.22. The second-order valence-corrected chi connectivity index (χ2v) is 6.07. The van der Waals surface area contributed by atoms with Gasteiger partial charge in [0.2, 0.25) is 0 Å². The fourth-order valence-electron chi connectivity index (χ4n) is 2.77. The maximum Gasteiger partial charge on any atom is 0.0453 e. The Kier molecular flexibility index (Phi) is 5.35. The lowest BCUT2D eigenvalue weighted by Crippen LogP contribution is -2.28. The van der Waals surface area contributed by atoms with Crippen LogP contribution in [0.15, 0.2) is 18.2 Å². The largest absolute Gasteiger partial charge is 0.314 e. The lowest BCUT2D eigenvalue weighted by molar-refractivity contribution is 0.479. The Morgan fingerprint density at radius 1 is 1.28 bits per heavy atom. The molecule has 0 radical (unpaired) electrons. The van der Waals surface area contributed by atoms with Crippen LogP contribution in [0.5, 0.6) is 0 Å². The summed E-state index contributed by atoms with van der Waals surface area (Å²) in [5, 5.41) is 5.13. The zero-order chi connectivity index (χ0) is 13.0. The Labute approximate surface area is 120 Å². The van der Waals surface area contributed by atoms with Gasteiger partial charge >= 0.3 is 0 Å². The Hall–Kier alpha value is -0.240. The van der Waals surface area contributed by atoms with E-state index in [1.165, 1.54) is 31.2 Å². The first-order chi connectivity index (χ1) is 8.69. The zero-order valence-corrected chi connectivity index (χ0v) is 12.4. The van der Waals surface area contributed by atoms with Gasteiger partial charge in [-0.1, -0.05) is 42.6 Å². The summed E-state index contributed by atoms with van der Waals surface area (Å²) in [7, 11) is 0. The molecule has 0 bridgehead atoms. The molecule has 0 aromatic heterocycles. The third-order valence-corrected chi connectivity index (χ3v) is 4.55. The predicted octanol–water partition coefficient (Wildman–Crippen LogP) is 4.70. The van der Waals surface area contributed by atoms with Gasteiger partial charge in [0.25, 0.3) is 0 Å². The molecule has 1 saturated carbocycles. The van der Waals surface area contributed by atoms with Gasteiger partial charge in [-0.25, -0.2) is 0 Å². The quantitative estimate of drug-likeness (QED) is 0.827. The number of benzene rings is 1. The molecule has 0 heterocycles. The topological polar surface area (TPSA) is 12.0 Å². The summed E-state index contributed by atoms with van der Waals surface area (Å²) in [6, 6.07) is 6.46. The highest BCUT2D eigenvalue weighted by molar-refractivity contribution is 6.35. The van der Waals surface area contributed by atoms with Crippen molar-refractivity contribution in [1.82, 2.24) is 5.32 Å². The molecule has 1 nitrogen and oxygen atoms in total. The molecule has 1 N–H and O–H groups in total. The average Bonchev–Trinajstić information content (AvgIpc) is 2.80.